The first-order valence-electron chi connectivity index (χ1n) is 7.27. The van der Waals surface area contributed by atoms with E-state index >= 15 is 0 Å². The number of rotatable bonds is 5. The Bertz CT molecular complexity index is 201. The molecule has 2 aliphatic rings. The molecule has 0 spiro atoms. The summed E-state index contributed by atoms with van der Waals surface area (Å²) in [7, 11) is 0. The highest BCUT2D eigenvalue weighted by Crippen LogP contribution is 2.29. The Balaban J connectivity index is 1.59. The maximum absolute atomic E-state index is 3.77. The van der Waals surface area contributed by atoms with Crippen molar-refractivity contribution in [1.82, 2.24) is 10.2 Å². The number of nitrogens with one attached hydrogen (secondary N) is 1. The van der Waals surface area contributed by atoms with Crippen molar-refractivity contribution in [1.29, 1.82) is 0 Å². The molecule has 2 fully saturated rings. The van der Waals surface area contributed by atoms with E-state index in [0.717, 1.165) is 18.0 Å². The lowest BCUT2D eigenvalue weighted by Gasteiger charge is -2.37. The second-order valence-electron chi connectivity index (χ2n) is 5.74. The van der Waals surface area contributed by atoms with E-state index in [1.54, 1.807) is 0 Å². The topological polar surface area (TPSA) is 15.3 Å². The molecule has 1 aliphatic carbocycles. The molecule has 0 aromatic heterocycles. The predicted octanol–water partition coefficient (Wildman–Crippen LogP) is 2.64. The fourth-order valence-corrected chi connectivity index (χ4v) is 3.15. The predicted molar refractivity (Wildman–Crippen MR) is 69.7 cm³/mol. The summed E-state index contributed by atoms with van der Waals surface area (Å²) in [5, 5.41) is 3.77. The summed E-state index contributed by atoms with van der Waals surface area (Å²) in [5.74, 6) is 1.06. The Morgan fingerprint density at radius 1 is 1.25 bits per heavy atom. The summed E-state index contributed by atoms with van der Waals surface area (Å²) < 4.78 is 0. The molecule has 2 nitrogen and oxygen atoms in total. The van der Waals surface area contributed by atoms with Crippen LogP contribution in [0.5, 0.6) is 0 Å². The molecule has 2 atom stereocenters. The van der Waals surface area contributed by atoms with Crippen LogP contribution in [0, 0.1) is 5.92 Å². The minimum atomic E-state index is 0.778. The number of hydrogen-bond acceptors (Lipinski definition) is 2. The molecule has 2 unspecified atom stereocenters. The van der Waals surface area contributed by atoms with Gasteiger partial charge in [0.25, 0.3) is 0 Å². The van der Waals surface area contributed by atoms with Gasteiger partial charge in [-0.3, -0.25) is 0 Å². The molecule has 1 saturated carbocycles. The molecule has 1 saturated heterocycles. The highest BCUT2D eigenvalue weighted by Gasteiger charge is 2.24. The fraction of sp³-hybridized carbons (Fsp3) is 1.00. The lowest BCUT2D eigenvalue weighted by atomic mass is 9.83. The van der Waals surface area contributed by atoms with Crippen LogP contribution in [0.3, 0.4) is 0 Å². The van der Waals surface area contributed by atoms with E-state index in [9.17, 15) is 0 Å². The van der Waals surface area contributed by atoms with Crippen molar-refractivity contribution in [2.75, 3.05) is 19.6 Å². The minimum absolute atomic E-state index is 0.778. The maximum Gasteiger partial charge on any atom is 0.00940 e. The first-order chi connectivity index (χ1) is 7.79. The second kappa shape index (κ2) is 6.02. The van der Waals surface area contributed by atoms with Gasteiger partial charge < -0.3 is 10.2 Å². The van der Waals surface area contributed by atoms with Gasteiger partial charge in [0.15, 0.2) is 0 Å². The van der Waals surface area contributed by atoms with Gasteiger partial charge in [-0.05, 0) is 51.7 Å². The van der Waals surface area contributed by atoms with Crippen molar-refractivity contribution < 1.29 is 0 Å². The lowest BCUT2D eigenvalue weighted by molar-refractivity contribution is 0.141. The van der Waals surface area contributed by atoms with E-state index in [4.69, 9.17) is 0 Å². The molecule has 1 N–H and O–H groups in total. The van der Waals surface area contributed by atoms with Crippen molar-refractivity contribution in [2.24, 2.45) is 5.92 Å². The highest BCUT2D eigenvalue weighted by atomic mass is 15.2. The van der Waals surface area contributed by atoms with Crippen LogP contribution >= 0.6 is 0 Å². The molecule has 94 valence electrons. The van der Waals surface area contributed by atoms with Gasteiger partial charge >= 0.3 is 0 Å². The van der Waals surface area contributed by atoms with E-state index in [2.05, 4.69) is 24.1 Å². The first kappa shape index (κ1) is 12.4. The summed E-state index contributed by atoms with van der Waals surface area (Å²) in [4.78, 5) is 2.60. The van der Waals surface area contributed by atoms with E-state index in [1.807, 2.05) is 0 Å². The third-order valence-corrected chi connectivity index (χ3v) is 4.63. The van der Waals surface area contributed by atoms with Crippen molar-refractivity contribution >= 4 is 0 Å². The molecule has 2 heteroatoms. The fourth-order valence-electron chi connectivity index (χ4n) is 3.15. The minimum Gasteiger partial charge on any atom is -0.314 e. The van der Waals surface area contributed by atoms with E-state index in [-0.39, 0.29) is 0 Å². The van der Waals surface area contributed by atoms with Crippen molar-refractivity contribution in [3.05, 3.63) is 0 Å². The lowest BCUT2D eigenvalue weighted by Crippen LogP contribution is -2.47. The van der Waals surface area contributed by atoms with Gasteiger partial charge in [0.2, 0.25) is 0 Å². The van der Waals surface area contributed by atoms with E-state index < -0.39 is 0 Å². The maximum atomic E-state index is 3.77. The standard InChI is InChI=1S/C14H28N2/c1-3-16-10-8-14(11-12(16)2)15-9-7-13-5-4-6-13/h12-15H,3-11H2,1-2H3. The monoisotopic (exact) mass is 224 g/mol. The number of piperidine rings is 1. The van der Waals surface area contributed by atoms with Crippen molar-refractivity contribution in [3.63, 3.8) is 0 Å². The van der Waals surface area contributed by atoms with Crippen molar-refractivity contribution in [2.45, 2.75) is 64.5 Å². The van der Waals surface area contributed by atoms with Crippen LogP contribution in [0.4, 0.5) is 0 Å². The number of nitrogens with zero attached hydrogens (tertiary/aromatic N) is 1. The average Bonchev–Trinajstić information content (AvgIpc) is 2.22. The van der Waals surface area contributed by atoms with Gasteiger partial charge in [-0.25, -0.2) is 0 Å². The summed E-state index contributed by atoms with van der Waals surface area (Å²) in [6.45, 7) is 8.42. The van der Waals surface area contributed by atoms with Gasteiger partial charge in [0, 0.05) is 12.1 Å². The Morgan fingerprint density at radius 2 is 2.06 bits per heavy atom. The zero-order chi connectivity index (χ0) is 11.4. The third-order valence-electron chi connectivity index (χ3n) is 4.63. The van der Waals surface area contributed by atoms with E-state index in [1.165, 1.54) is 58.2 Å². The average molecular weight is 224 g/mol. The van der Waals surface area contributed by atoms with Crippen LogP contribution in [-0.4, -0.2) is 36.6 Å². The summed E-state index contributed by atoms with van der Waals surface area (Å²) in [5.41, 5.74) is 0. The molecule has 2 rings (SSSR count). The van der Waals surface area contributed by atoms with Gasteiger partial charge in [-0.2, -0.15) is 0 Å². The van der Waals surface area contributed by atoms with Gasteiger partial charge in [-0.15, -0.1) is 0 Å². The Morgan fingerprint density at radius 3 is 2.62 bits per heavy atom. The Hall–Kier alpha value is -0.0800. The first-order valence-corrected chi connectivity index (χ1v) is 7.27. The Kier molecular flexibility index (Phi) is 4.66. The molecule has 1 aliphatic heterocycles. The molecular weight excluding hydrogens is 196 g/mol. The van der Waals surface area contributed by atoms with Crippen LogP contribution in [0.15, 0.2) is 0 Å². The summed E-state index contributed by atoms with van der Waals surface area (Å²) >= 11 is 0. The van der Waals surface area contributed by atoms with E-state index in [0.29, 0.717) is 0 Å². The summed E-state index contributed by atoms with van der Waals surface area (Å²) in [6, 6.07) is 1.57. The summed E-state index contributed by atoms with van der Waals surface area (Å²) in [6.07, 6.45) is 8.58. The zero-order valence-electron chi connectivity index (χ0n) is 11.0. The number of hydrogen-bond donors (Lipinski definition) is 1. The third kappa shape index (κ3) is 3.21. The normalized spacial score (nSPS) is 32.6. The molecule has 0 radical (unpaired) electrons. The molecule has 0 aromatic rings. The molecule has 0 aromatic carbocycles. The van der Waals surface area contributed by atoms with Gasteiger partial charge in [0.05, 0.1) is 0 Å². The molecular formula is C14H28N2. The molecule has 0 amide bonds. The van der Waals surface area contributed by atoms with Crippen LogP contribution in [0.1, 0.15) is 52.4 Å². The smallest absolute Gasteiger partial charge is 0.00940 e. The van der Waals surface area contributed by atoms with Crippen LogP contribution in [-0.2, 0) is 0 Å². The van der Waals surface area contributed by atoms with Gasteiger partial charge in [0.1, 0.15) is 0 Å². The SMILES string of the molecule is CCN1CCC(NCCC2CCC2)CC1C. The van der Waals surface area contributed by atoms with Crippen molar-refractivity contribution in [3.8, 4) is 0 Å². The zero-order valence-corrected chi connectivity index (χ0v) is 11.0. The molecule has 0 bridgehead atoms. The Labute approximate surface area is 101 Å². The largest absolute Gasteiger partial charge is 0.314 e. The highest BCUT2D eigenvalue weighted by molar-refractivity contribution is 4.82. The molecule has 1 heterocycles. The number of likely N-dealkylation sites (tertiary alicyclic amines) is 1. The second-order valence-corrected chi connectivity index (χ2v) is 5.74. The quantitative estimate of drug-likeness (QED) is 0.772. The molecule has 16 heavy (non-hydrogen) atoms. The van der Waals surface area contributed by atoms with Crippen LogP contribution in [0.25, 0.3) is 0 Å². The van der Waals surface area contributed by atoms with Crippen LogP contribution in [0.2, 0.25) is 0 Å². The van der Waals surface area contributed by atoms with Gasteiger partial charge in [-0.1, -0.05) is 26.2 Å². The van der Waals surface area contributed by atoms with Crippen LogP contribution < -0.4 is 5.32 Å².